The van der Waals surface area contributed by atoms with Gasteiger partial charge in [0.2, 0.25) is 0 Å². The van der Waals surface area contributed by atoms with Gasteiger partial charge in [-0.1, -0.05) is 18.2 Å². The number of pyridine rings is 2. The topological polar surface area (TPSA) is 37.8 Å². The maximum atomic E-state index is 4.57. The van der Waals surface area contributed by atoms with Gasteiger partial charge in [0.1, 0.15) is 0 Å². The lowest BCUT2D eigenvalue weighted by Gasteiger charge is -2.11. The molecule has 0 radical (unpaired) electrons. The Hall–Kier alpha value is -2.42. The lowest BCUT2D eigenvalue weighted by molar-refractivity contribution is 1.10. The van der Waals surface area contributed by atoms with Crippen LogP contribution in [0.2, 0.25) is 0 Å². The lowest BCUT2D eigenvalue weighted by Crippen LogP contribution is -2.03. The van der Waals surface area contributed by atoms with Crippen molar-refractivity contribution in [1.82, 2.24) is 9.97 Å². The molecular weight excluding hydrogens is 246 g/mol. The molecule has 1 N–H and O–H groups in total. The smallest absolute Gasteiger partial charge is 0.0708 e. The van der Waals surface area contributed by atoms with Crippen LogP contribution >= 0.6 is 0 Å². The summed E-state index contributed by atoms with van der Waals surface area (Å²) in [7, 11) is 0. The Morgan fingerprint density at radius 2 is 1.90 bits per heavy atom. The molecule has 100 valence electrons. The fourth-order valence-electron chi connectivity index (χ4n) is 2.40. The molecule has 3 heteroatoms. The van der Waals surface area contributed by atoms with E-state index in [1.165, 1.54) is 10.9 Å². The number of aromatic nitrogens is 2. The third kappa shape index (κ3) is 2.48. The van der Waals surface area contributed by atoms with E-state index in [1.54, 1.807) is 0 Å². The minimum absolute atomic E-state index is 0.774. The van der Waals surface area contributed by atoms with E-state index in [2.05, 4.69) is 45.6 Å². The molecule has 0 aliphatic carbocycles. The predicted octanol–water partition coefficient (Wildman–Crippen LogP) is 3.86. The average Bonchev–Trinajstić information content (AvgIpc) is 2.46. The summed E-state index contributed by atoms with van der Waals surface area (Å²) in [5.74, 6) is 0. The summed E-state index contributed by atoms with van der Waals surface area (Å²) in [6.45, 7) is 4.82. The number of hydrogen-bond donors (Lipinski definition) is 1. The number of hydrogen-bond acceptors (Lipinski definition) is 3. The molecule has 2 aromatic heterocycles. The van der Waals surface area contributed by atoms with Crippen molar-refractivity contribution in [3.63, 3.8) is 0 Å². The molecular formula is C17H17N3. The van der Waals surface area contributed by atoms with Gasteiger partial charge in [0.25, 0.3) is 0 Å². The fraction of sp³-hybridized carbons (Fsp3) is 0.176. The van der Waals surface area contributed by atoms with Gasteiger partial charge in [0.15, 0.2) is 0 Å². The average molecular weight is 263 g/mol. The van der Waals surface area contributed by atoms with Crippen molar-refractivity contribution in [2.75, 3.05) is 5.32 Å². The first-order valence-electron chi connectivity index (χ1n) is 6.75. The molecule has 0 aliphatic rings. The Morgan fingerprint density at radius 3 is 2.75 bits per heavy atom. The van der Waals surface area contributed by atoms with E-state index in [4.69, 9.17) is 0 Å². The second-order valence-electron chi connectivity index (χ2n) is 4.93. The molecule has 3 rings (SSSR count). The van der Waals surface area contributed by atoms with Crippen LogP contribution < -0.4 is 5.32 Å². The molecule has 2 heterocycles. The van der Waals surface area contributed by atoms with Crippen molar-refractivity contribution in [2.24, 2.45) is 0 Å². The van der Waals surface area contributed by atoms with Gasteiger partial charge in [-0.05, 0) is 43.7 Å². The van der Waals surface area contributed by atoms with Crippen LogP contribution in [-0.2, 0) is 6.54 Å². The molecule has 3 aromatic rings. The standard InChI is InChI=1S/C17H17N3/c1-12-10-14(15-6-3-4-7-17(15)20-12)11-19-16-8-5-9-18-13(16)2/h3-10,19H,11H2,1-2H3. The molecule has 0 spiro atoms. The largest absolute Gasteiger partial charge is 0.379 e. The van der Waals surface area contributed by atoms with E-state index in [0.29, 0.717) is 0 Å². The van der Waals surface area contributed by atoms with E-state index >= 15 is 0 Å². The van der Waals surface area contributed by atoms with E-state index in [1.807, 2.05) is 32.2 Å². The first kappa shape index (κ1) is 12.6. The molecule has 3 nitrogen and oxygen atoms in total. The van der Waals surface area contributed by atoms with Crippen molar-refractivity contribution >= 4 is 16.6 Å². The number of benzene rings is 1. The molecule has 0 unspecified atom stereocenters. The fourth-order valence-corrected chi connectivity index (χ4v) is 2.40. The zero-order chi connectivity index (χ0) is 13.9. The van der Waals surface area contributed by atoms with E-state index < -0.39 is 0 Å². The maximum absolute atomic E-state index is 4.57. The second kappa shape index (κ2) is 5.29. The van der Waals surface area contributed by atoms with Crippen molar-refractivity contribution in [3.8, 4) is 0 Å². The molecule has 0 saturated heterocycles. The van der Waals surface area contributed by atoms with Gasteiger partial charge in [0, 0.05) is 23.8 Å². The van der Waals surface area contributed by atoms with Crippen molar-refractivity contribution in [1.29, 1.82) is 0 Å². The van der Waals surface area contributed by atoms with E-state index in [0.717, 1.165) is 29.1 Å². The SMILES string of the molecule is Cc1cc(CNc2cccnc2C)c2ccccc2n1. The van der Waals surface area contributed by atoms with Gasteiger partial charge in [-0.25, -0.2) is 0 Å². The number of aryl methyl sites for hydroxylation is 2. The number of nitrogens with zero attached hydrogens (tertiary/aromatic N) is 2. The molecule has 0 saturated carbocycles. The van der Waals surface area contributed by atoms with Crippen molar-refractivity contribution < 1.29 is 0 Å². The molecule has 0 amide bonds. The monoisotopic (exact) mass is 263 g/mol. The molecule has 20 heavy (non-hydrogen) atoms. The van der Waals surface area contributed by atoms with E-state index in [-0.39, 0.29) is 0 Å². The zero-order valence-corrected chi connectivity index (χ0v) is 11.7. The van der Waals surface area contributed by atoms with Crippen LogP contribution in [0.25, 0.3) is 10.9 Å². The first-order valence-corrected chi connectivity index (χ1v) is 6.75. The van der Waals surface area contributed by atoms with Crippen LogP contribution in [0.1, 0.15) is 17.0 Å². The van der Waals surface area contributed by atoms with Crippen LogP contribution in [-0.4, -0.2) is 9.97 Å². The minimum atomic E-state index is 0.774. The molecule has 0 aliphatic heterocycles. The highest BCUT2D eigenvalue weighted by Crippen LogP contribution is 2.20. The van der Waals surface area contributed by atoms with Crippen molar-refractivity contribution in [2.45, 2.75) is 20.4 Å². The van der Waals surface area contributed by atoms with Crippen molar-refractivity contribution in [3.05, 3.63) is 65.6 Å². The number of anilines is 1. The summed E-state index contributed by atoms with van der Waals surface area (Å²) >= 11 is 0. The first-order chi connectivity index (χ1) is 9.74. The molecule has 0 bridgehead atoms. The summed E-state index contributed by atoms with van der Waals surface area (Å²) in [6, 6.07) is 14.4. The number of nitrogens with one attached hydrogen (secondary N) is 1. The Labute approximate surface area is 118 Å². The van der Waals surface area contributed by atoms with Gasteiger partial charge in [-0.2, -0.15) is 0 Å². The highest BCUT2D eigenvalue weighted by atomic mass is 14.9. The maximum Gasteiger partial charge on any atom is 0.0708 e. The van der Waals surface area contributed by atoms with Gasteiger partial charge >= 0.3 is 0 Å². The van der Waals surface area contributed by atoms with Gasteiger partial charge < -0.3 is 5.32 Å². The third-order valence-electron chi connectivity index (χ3n) is 3.41. The molecule has 0 atom stereocenters. The zero-order valence-electron chi connectivity index (χ0n) is 11.7. The summed E-state index contributed by atoms with van der Waals surface area (Å²) in [5.41, 5.74) is 5.45. The highest BCUT2D eigenvalue weighted by Gasteiger charge is 2.04. The Bertz CT molecular complexity index is 750. The Balaban J connectivity index is 1.93. The number of para-hydroxylation sites is 1. The minimum Gasteiger partial charge on any atom is -0.379 e. The summed E-state index contributed by atoms with van der Waals surface area (Å²) in [4.78, 5) is 8.87. The quantitative estimate of drug-likeness (QED) is 0.779. The van der Waals surface area contributed by atoms with Crippen LogP contribution in [0.5, 0.6) is 0 Å². The van der Waals surface area contributed by atoms with E-state index in [9.17, 15) is 0 Å². The second-order valence-corrected chi connectivity index (χ2v) is 4.93. The van der Waals surface area contributed by atoms with Crippen LogP contribution in [0.15, 0.2) is 48.7 Å². The Kier molecular flexibility index (Phi) is 3.33. The number of fused-ring (bicyclic) bond motifs is 1. The summed E-state index contributed by atoms with van der Waals surface area (Å²) < 4.78 is 0. The summed E-state index contributed by atoms with van der Waals surface area (Å²) in [5, 5.41) is 4.66. The highest BCUT2D eigenvalue weighted by molar-refractivity contribution is 5.82. The van der Waals surface area contributed by atoms with Gasteiger partial charge in [-0.15, -0.1) is 0 Å². The predicted molar refractivity (Wildman–Crippen MR) is 82.8 cm³/mol. The molecule has 0 fully saturated rings. The third-order valence-corrected chi connectivity index (χ3v) is 3.41. The van der Waals surface area contributed by atoms with Gasteiger partial charge in [-0.3, -0.25) is 9.97 Å². The van der Waals surface area contributed by atoms with Crippen LogP contribution in [0.4, 0.5) is 5.69 Å². The lowest BCUT2D eigenvalue weighted by atomic mass is 10.1. The van der Waals surface area contributed by atoms with Crippen LogP contribution in [0.3, 0.4) is 0 Å². The van der Waals surface area contributed by atoms with Gasteiger partial charge in [0.05, 0.1) is 16.9 Å². The van der Waals surface area contributed by atoms with Crippen LogP contribution in [0, 0.1) is 13.8 Å². The normalized spacial score (nSPS) is 10.7. The summed E-state index contributed by atoms with van der Waals surface area (Å²) in [6.07, 6.45) is 1.81. The molecule has 1 aromatic carbocycles. The Morgan fingerprint density at radius 1 is 1.05 bits per heavy atom. The number of rotatable bonds is 3.